The molecule has 0 aromatic heterocycles. The SMILES string of the molecule is O=C(NC1CCC(O)CC1)c1ccccc1Sc1ccccc1. The van der Waals surface area contributed by atoms with Gasteiger partial charge in [-0.25, -0.2) is 0 Å². The first-order valence-corrected chi connectivity index (χ1v) is 8.85. The maximum absolute atomic E-state index is 12.6. The Kier molecular flexibility index (Phi) is 5.36. The van der Waals surface area contributed by atoms with Crippen LogP contribution in [0, 0.1) is 0 Å². The normalized spacial score (nSPS) is 20.9. The molecule has 0 spiro atoms. The molecule has 2 aromatic rings. The van der Waals surface area contributed by atoms with Crippen LogP contribution < -0.4 is 5.32 Å². The Morgan fingerprint density at radius 1 is 0.957 bits per heavy atom. The van der Waals surface area contributed by atoms with Crippen LogP contribution in [0.1, 0.15) is 36.0 Å². The van der Waals surface area contributed by atoms with Gasteiger partial charge in [0, 0.05) is 15.8 Å². The van der Waals surface area contributed by atoms with E-state index < -0.39 is 0 Å². The smallest absolute Gasteiger partial charge is 0.252 e. The number of aliphatic hydroxyl groups is 1. The second-order valence-electron chi connectivity index (χ2n) is 5.89. The molecular weight excluding hydrogens is 306 g/mol. The van der Waals surface area contributed by atoms with Gasteiger partial charge in [0.15, 0.2) is 0 Å². The molecule has 1 fully saturated rings. The number of benzene rings is 2. The quantitative estimate of drug-likeness (QED) is 0.896. The zero-order valence-corrected chi connectivity index (χ0v) is 13.8. The molecule has 2 aromatic carbocycles. The minimum atomic E-state index is -0.205. The Morgan fingerprint density at radius 2 is 1.61 bits per heavy atom. The molecule has 0 aliphatic heterocycles. The van der Waals surface area contributed by atoms with Crippen LogP contribution in [0.15, 0.2) is 64.4 Å². The lowest BCUT2D eigenvalue weighted by Crippen LogP contribution is -2.38. The van der Waals surface area contributed by atoms with Gasteiger partial charge in [-0.1, -0.05) is 42.1 Å². The van der Waals surface area contributed by atoms with Gasteiger partial charge in [-0.2, -0.15) is 0 Å². The van der Waals surface area contributed by atoms with E-state index in [2.05, 4.69) is 5.32 Å². The van der Waals surface area contributed by atoms with Crippen molar-refractivity contribution < 1.29 is 9.90 Å². The lowest BCUT2D eigenvalue weighted by molar-refractivity contribution is 0.0865. The first kappa shape index (κ1) is 16.1. The second kappa shape index (κ2) is 7.66. The van der Waals surface area contributed by atoms with Crippen molar-refractivity contribution in [3.05, 3.63) is 60.2 Å². The highest BCUT2D eigenvalue weighted by Gasteiger charge is 2.22. The van der Waals surface area contributed by atoms with Crippen LogP contribution in [0.5, 0.6) is 0 Å². The molecule has 3 rings (SSSR count). The van der Waals surface area contributed by atoms with Crippen LogP contribution >= 0.6 is 11.8 Å². The van der Waals surface area contributed by atoms with Gasteiger partial charge < -0.3 is 10.4 Å². The average molecular weight is 327 g/mol. The van der Waals surface area contributed by atoms with Crippen molar-refractivity contribution in [3.8, 4) is 0 Å². The van der Waals surface area contributed by atoms with Crippen molar-refractivity contribution in [2.45, 2.75) is 47.6 Å². The maximum atomic E-state index is 12.6. The summed E-state index contributed by atoms with van der Waals surface area (Å²) in [5.41, 5.74) is 0.715. The second-order valence-corrected chi connectivity index (χ2v) is 7.01. The molecule has 0 atom stereocenters. The molecule has 1 saturated carbocycles. The number of carbonyl (C=O) groups excluding carboxylic acids is 1. The maximum Gasteiger partial charge on any atom is 0.252 e. The van der Waals surface area contributed by atoms with Crippen LogP contribution in [0.2, 0.25) is 0 Å². The van der Waals surface area contributed by atoms with Crippen LogP contribution in [0.25, 0.3) is 0 Å². The van der Waals surface area contributed by atoms with E-state index in [9.17, 15) is 9.90 Å². The first-order valence-electron chi connectivity index (χ1n) is 8.03. The number of hydrogen-bond acceptors (Lipinski definition) is 3. The molecule has 0 radical (unpaired) electrons. The summed E-state index contributed by atoms with van der Waals surface area (Å²) in [6.45, 7) is 0. The Hall–Kier alpha value is -1.78. The van der Waals surface area contributed by atoms with Gasteiger partial charge in [-0.15, -0.1) is 0 Å². The topological polar surface area (TPSA) is 49.3 Å². The molecule has 0 unspecified atom stereocenters. The number of aliphatic hydroxyl groups excluding tert-OH is 1. The summed E-state index contributed by atoms with van der Waals surface area (Å²) >= 11 is 1.60. The molecule has 1 aliphatic rings. The van der Waals surface area contributed by atoms with Gasteiger partial charge in [-0.05, 0) is 49.9 Å². The molecule has 1 amide bonds. The third-order valence-electron chi connectivity index (χ3n) is 4.13. The van der Waals surface area contributed by atoms with Crippen molar-refractivity contribution in [1.82, 2.24) is 5.32 Å². The number of nitrogens with one attached hydrogen (secondary N) is 1. The molecule has 1 aliphatic carbocycles. The Bertz CT molecular complexity index is 651. The minimum absolute atomic E-state index is 0.0228. The van der Waals surface area contributed by atoms with E-state index in [-0.39, 0.29) is 18.1 Å². The summed E-state index contributed by atoms with van der Waals surface area (Å²) in [5.74, 6) is -0.0228. The summed E-state index contributed by atoms with van der Waals surface area (Å²) in [6, 6.07) is 17.9. The fourth-order valence-corrected chi connectivity index (χ4v) is 3.81. The summed E-state index contributed by atoms with van der Waals surface area (Å²) in [5, 5.41) is 12.7. The van der Waals surface area contributed by atoms with E-state index in [1.807, 2.05) is 54.6 Å². The third-order valence-corrected chi connectivity index (χ3v) is 5.22. The summed E-state index contributed by atoms with van der Waals surface area (Å²) < 4.78 is 0. The molecule has 0 heterocycles. The zero-order valence-electron chi connectivity index (χ0n) is 12.9. The molecule has 0 bridgehead atoms. The zero-order chi connectivity index (χ0) is 16.1. The van der Waals surface area contributed by atoms with Crippen molar-refractivity contribution >= 4 is 17.7 Å². The average Bonchev–Trinajstić information content (AvgIpc) is 2.58. The summed E-state index contributed by atoms with van der Waals surface area (Å²) in [4.78, 5) is 14.7. The summed E-state index contributed by atoms with van der Waals surface area (Å²) in [6.07, 6.45) is 3.03. The van der Waals surface area contributed by atoms with Crippen LogP contribution in [0.4, 0.5) is 0 Å². The predicted molar refractivity (Wildman–Crippen MR) is 92.7 cm³/mol. The fourth-order valence-electron chi connectivity index (χ4n) is 2.84. The lowest BCUT2D eigenvalue weighted by Gasteiger charge is -2.26. The van der Waals surface area contributed by atoms with E-state index >= 15 is 0 Å². The highest BCUT2D eigenvalue weighted by Crippen LogP contribution is 2.30. The molecule has 2 N–H and O–H groups in total. The third kappa shape index (κ3) is 4.36. The van der Waals surface area contributed by atoms with Crippen molar-refractivity contribution in [2.75, 3.05) is 0 Å². The number of hydrogen-bond donors (Lipinski definition) is 2. The highest BCUT2D eigenvalue weighted by molar-refractivity contribution is 7.99. The Morgan fingerprint density at radius 3 is 2.35 bits per heavy atom. The van der Waals surface area contributed by atoms with Crippen molar-refractivity contribution in [3.63, 3.8) is 0 Å². The highest BCUT2D eigenvalue weighted by atomic mass is 32.2. The Labute approximate surface area is 141 Å². The molecule has 4 heteroatoms. The molecule has 120 valence electrons. The fraction of sp³-hybridized carbons (Fsp3) is 0.316. The molecule has 0 saturated heterocycles. The van der Waals surface area contributed by atoms with Gasteiger partial charge >= 0.3 is 0 Å². The standard InChI is InChI=1S/C19H21NO2S/c21-15-12-10-14(11-13-15)20-19(22)17-8-4-5-9-18(17)23-16-6-2-1-3-7-16/h1-9,14-15,21H,10-13H2,(H,20,22). The number of rotatable bonds is 4. The monoisotopic (exact) mass is 327 g/mol. The lowest BCUT2D eigenvalue weighted by atomic mass is 9.93. The van der Waals surface area contributed by atoms with Crippen molar-refractivity contribution in [1.29, 1.82) is 0 Å². The first-order chi connectivity index (χ1) is 11.2. The van der Waals surface area contributed by atoms with Crippen molar-refractivity contribution in [2.24, 2.45) is 0 Å². The van der Waals surface area contributed by atoms with Gasteiger partial charge in [0.25, 0.3) is 5.91 Å². The van der Waals surface area contributed by atoms with Gasteiger partial charge in [0.1, 0.15) is 0 Å². The largest absolute Gasteiger partial charge is 0.393 e. The number of amides is 1. The van der Waals surface area contributed by atoms with E-state index in [0.29, 0.717) is 5.56 Å². The molecule has 23 heavy (non-hydrogen) atoms. The Balaban J connectivity index is 1.70. The van der Waals surface area contributed by atoms with Gasteiger partial charge in [0.2, 0.25) is 0 Å². The molecular formula is C19H21NO2S. The predicted octanol–water partition coefficient (Wildman–Crippen LogP) is 3.87. The van der Waals surface area contributed by atoms with E-state index in [1.165, 1.54) is 0 Å². The van der Waals surface area contributed by atoms with Crippen LogP contribution in [0.3, 0.4) is 0 Å². The summed E-state index contributed by atoms with van der Waals surface area (Å²) in [7, 11) is 0. The van der Waals surface area contributed by atoms with Gasteiger partial charge in [-0.3, -0.25) is 4.79 Å². The minimum Gasteiger partial charge on any atom is -0.393 e. The van der Waals surface area contributed by atoms with Crippen LogP contribution in [-0.4, -0.2) is 23.2 Å². The van der Waals surface area contributed by atoms with Crippen LogP contribution in [-0.2, 0) is 0 Å². The van der Waals surface area contributed by atoms with E-state index in [1.54, 1.807) is 11.8 Å². The van der Waals surface area contributed by atoms with E-state index in [0.717, 1.165) is 35.5 Å². The van der Waals surface area contributed by atoms with Gasteiger partial charge in [0.05, 0.1) is 11.7 Å². The number of carbonyl (C=O) groups is 1. The van der Waals surface area contributed by atoms with E-state index in [4.69, 9.17) is 0 Å². The molecule has 3 nitrogen and oxygen atoms in total.